The van der Waals surface area contributed by atoms with Crippen LogP contribution in [0.2, 0.25) is 0 Å². The third-order valence-electron chi connectivity index (χ3n) is 3.09. The van der Waals surface area contributed by atoms with Crippen molar-refractivity contribution >= 4 is 7.26 Å². The van der Waals surface area contributed by atoms with Crippen LogP contribution in [0.3, 0.4) is 0 Å². The van der Waals surface area contributed by atoms with Crippen LogP contribution in [0.25, 0.3) is 0 Å². The van der Waals surface area contributed by atoms with Crippen LogP contribution in [0.5, 0.6) is 0 Å². The first-order valence-corrected chi connectivity index (χ1v) is 8.93. The van der Waals surface area contributed by atoms with E-state index in [2.05, 4.69) is 26.4 Å². The van der Waals surface area contributed by atoms with E-state index in [1.165, 1.54) is 57.0 Å². The summed E-state index contributed by atoms with van der Waals surface area (Å²) in [7, 11) is -0.999. The van der Waals surface area contributed by atoms with Crippen LogP contribution < -0.4 is 0 Å². The molecule has 88 valence electrons. The highest BCUT2D eigenvalue weighted by atomic mass is 31.2. The van der Waals surface area contributed by atoms with Gasteiger partial charge in [0.05, 0.1) is 31.4 Å². The fraction of sp³-hybridized carbons (Fsp3) is 0.857. The zero-order valence-corrected chi connectivity index (χ0v) is 11.8. The minimum absolute atomic E-state index is 0.999. The minimum Gasteiger partial charge on any atom is -0.0768 e. The van der Waals surface area contributed by atoms with E-state index in [9.17, 15) is 0 Å². The summed E-state index contributed by atoms with van der Waals surface area (Å²) >= 11 is 0. The van der Waals surface area contributed by atoms with Gasteiger partial charge in [-0.3, -0.25) is 0 Å². The van der Waals surface area contributed by atoms with E-state index < -0.39 is 7.26 Å². The summed E-state index contributed by atoms with van der Waals surface area (Å²) in [4.78, 5) is 0. The fourth-order valence-electron chi connectivity index (χ4n) is 1.91. The molecule has 15 heavy (non-hydrogen) atoms. The molecule has 0 spiro atoms. The van der Waals surface area contributed by atoms with Crippen molar-refractivity contribution in [2.24, 2.45) is 0 Å². The Balaban J connectivity index is 4.25. The number of hydrogen-bond donors (Lipinski definition) is 0. The largest absolute Gasteiger partial charge is 0.0917 e. The van der Waals surface area contributed by atoms with Crippen LogP contribution in [0, 0.1) is 12.1 Å². The average Bonchev–Trinajstić information content (AvgIpc) is 2.29. The third-order valence-corrected chi connectivity index (χ3v) is 7.16. The van der Waals surface area contributed by atoms with E-state index in [4.69, 9.17) is 6.42 Å². The highest BCUT2D eigenvalue weighted by Gasteiger charge is 2.33. The van der Waals surface area contributed by atoms with Crippen molar-refractivity contribution < 1.29 is 0 Å². The second-order valence-electron chi connectivity index (χ2n) is 4.51. The van der Waals surface area contributed by atoms with E-state index in [0.717, 1.165) is 0 Å². The zero-order valence-electron chi connectivity index (χ0n) is 10.9. The zero-order chi connectivity index (χ0) is 11.6. The van der Waals surface area contributed by atoms with Gasteiger partial charge in [-0.25, -0.2) is 0 Å². The molecule has 0 fully saturated rings. The lowest BCUT2D eigenvalue weighted by Gasteiger charge is -2.20. The summed E-state index contributed by atoms with van der Waals surface area (Å²) in [6, 6.07) is 0. The molecule has 0 N–H and O–H groups in total. The summed E-state index contributed by atoms with van der Waals surface area (Å²) in [5.74, 6) is 0. The Morgan fingerprint density at radius 1 is 0.800 bits per heavy atom. The molecule has 0 aliphatic rings. The van der Waals surface area contributed by atoms with Crippen molar-refractivity contribution in [3.05, 3.63) is 0 Å². The van der Waals surface area contributed by atoms with E-state index in [1.807, 2.05) is 0 Å². The lowest BCUT2D eigenvalue weighted by molar-refractivity contribution is 0.841. The number of unbranched alkanes of at least 4 members (excludes halogenated alkanes) is 3. The summed E-state index contributed by atoms with van der Waals surface area (Å²) in [6.07, 6.45) is 17.8. The molecule has 0 atom stereocenters. The van der Waals surface area contributed by atoms with Crippen LogP contribution in [-0.4, -0.2) is 18.5 Å². The average molecular weight is 227 g/mol. The lowest BCUT2D eigenvalue weighted by atomic mass is 10.4. The van der Waals surface area contributed by atoms with Crippen LogP contribution in [-0.2, 0) is 0 Å². The first kappa shape index (κ1) is 15.0. The Labute approximate surface area is 97.6 Å². The first-order chi connectivity index (χ1) is 7.24. The van der Waals surface area contributed by atoms with Gasteiger partial charge in [-0.05, 0) is 19.3 Å². The van der Waals surface area contributed by atoms with Crippen molar-refractivity contribution in [2.45, 2.75) is 59.3 Å². The molecule has 0 aromatic heterocycles. The van der Waals surface area contributed by atoms with Gasteiger partial charge in [0.1, 0.15) is 0 Å². The van der Waals surface area contributed by atoms with E-state index in [0.29, 0.717) is 0 Å². The van der Waals surface area contributed by atoms with Gasteiger partial charge in [-0.2, -0.15) is 0 Å². The molecule has 0 aromatic carbocycles. The van der Waals surface area contributed by atoms with Gasteiger partial charge in [0.15, 0.2) is 0 Å². The van der Waals surface area contributed by atoms with Crippen LogP contribution in [0.15, 0.2) is 0 Å². The molecule has 0 aliphatic heterocycles. The SMILES string of the molecule is C#C[P+](CCCC)(CCCC)CCCC. The topological polar surface area (TPSA) is 0 Å². The minimum atomic E-state index is -0.999. The van der Waals surface area contributed by atoms with Gasteiger partial charge in [-0.15, -0.1) is 0 Å². The van der Waals surface area contributed by atoms with Gasteiger partial charge in [0, 0.05) is 0 Å². The molecule has 0 saturated heterocycles. The van der Waals surface area contributed by atoms with Crippen molar-refractivity contribution in [1.29, 1.82) is 0 Å². The molecule has 0 heterocycles. The molecule has 0 saturated carbocycles. The Hall–Kier alpha value is -0.0100. The van der Waals surface area contributed by atoms with Crippen molar-refractivity contribution in [3.63, 3.8) is 0 Å². The molecule has 0 aromatic rings. The third kappa shape index (κ3) is 6.21. The Kier molecular flexibility index (Phi) is 9.23. The molecule has 0 amide bonds. The maximum atomic E-state index is 5.83. The maximum Gasteiger partial charge on any atom is 0.0917 e. The summed E-state index contributed by atoms with van der Waals surface area (Å²) in [6.45, 7) is 6.81. The fourth-order valence-corrected chi connectivity index (χ4v) is 5.73. The number of hydrogen-bond acceptors (Lipinski definition) is 0. The molecule has 0 radical (unpaired) electrons. The first-order valence-electron chi connectivity index (χ1n) is 6.58. The van der Waals surface area contributed by atoms with Crippen molar-refractivity contribution in [2.75, 3.05) is 18.5 Å². The van der Waals surface area contributed by atoms with Gasteiger partial charge in [0.25, 0.3) is 0 Å². The van der Waals surface area contributed by atoms with Crippen LogP contribution in [0.1, 0.15) is 59.3 Å². The summed E-state index contributed by atoms with van der Waals surface area (Å²) in [5, 5.41) is 0. The van der Waals surface area contributed by atoms with Crippen molar-refractivity contribution in [1.82, 2.24) is 0 Å². The normalized spacial score (nSPS) is 11.3. The van der Waals surface area contributed by atoms with Gasteiger partial charge in [0.2, 0.25) is 0 Å². The summed E-state index contributed by atoms with van der Waals surface area (Å²) < 4.78 is 0. The second-order valence-corrected chi connectivity index (χ2v) is 8.40. The van der Waals surface area contributed by atoms with Gasteiger partial charge in [-0.1, -0.05) is 46.5 Å². The molecule has 0 rings (SSSR count). The predicted molar refractivity (Wildman–Crippen MR) is 75.1 cm³/mol. The second kappa shape index (κ2) is 9.23. The van der Waals surface area contributed by atoms with Gasteiger partial charge >= 0.3 is 0 Å². The van der Waals surface area contributed by atoms with E-state index in [-0.39, 0.29) is 0 Å². The highest BCUT2D eigenvalue weighted by Crippen LogP contribution is 2.59. The number of rotatable bonds is 9. The smallest absolute Gasteiger partial charge is 0.0768 e. The standard InChI is InChI=1S/C14H28P/c1-5-9-12-15(8-4,13-10-6-2)14-11-7-3/h4H,5-7,9-14H2,1-3H3/q+1. The van der Waals surface area contributed by atoms with E-state index in [1.54, 1.807) is 0 Å². The monoisotopic (exact) mass is 227 g/mol. The molecule has 0 unspecified atom stereocenters. The molecule has 0 aliphatic carbocycles. The molecular formula is C14H28P+. The van der Waals surface area contributed by atoms with E-state index >= 15 is 0 Å². The Morgan fingerprint density at radius 3 is 1.33 bits per heavy atom. The Bertz CT molecular complexity index is 156. The number of terminal acetylenes is 1. The molecular weight excluding hydrogens is 199 g/mol. The maximum absolute atomic E-state index is 5.83. The lowest BCUT2D eigenvalue weighted by Crippen LogP contribution is -2.06. The van der Waals surface area contributed by atoms with Crippen LogP contribution >= 0.6 is 7.26 Å². The van der Waals surface area contributed by atoms with Gasteiger partial charge < -0.3 is 0 Å². The quantitative estimate of drug-likeness (QED) is 0.384. The Morgan fingerprint density at radius 2 is 1.13 bits per heavy atom. The summed E-state index contributed by atoms with van der Waals surface area (Å²) in [5.41, 5.74) is 3.23. The predicted octanol–water partition coefficient (Wildman–Crippen LogP) is 5.00. The molecule has 0 bridgehead atoms. The van der Waals surface area contributed by atoms with Crippen molar-refractivity contribution in [3.8, 4) is 12.1 Å². The molecule has 0 nitrogen and oxygen atoms in total. The van der Waals surface area contributed by atoms with Crippen LogP contribution in [0.4, 0.5) is 0 Å². The molecule has 1 heteroatoms. The highest BCUT2D eigenvalue weighted by molar-refractivity contribution is 7.80.